The third kappa shape index (κ3) is 7.18. The summed E-state index contributed by atoms with van der Waals surface area (Å²) >= 11 is 4.88. The van der Waals surface area contributed by atoms with Crippen molar-refractivity contribution in [3.63, 3.8) is 0 Å². The first-order valence-electron chi connectivity index (χ1n) is 2.46. The number of ether oxygens (including phenoxy) is 1. The molecule has 0 aromatic carbocycles. The molecule has 0 saturated heterocycles. The van der Waals surface area contributed by atoms with Crippen LogP contribution < -0.4 is 0 Å². The topological polar surface area (TPSA) is 26.3 Å². The SMILES string of the molecule is O=C(/C=C/Cl)OCC(F)(F)F. The third-order valence-corrected chi connectivity index (χ3v) is 0.703. The minimum atomic E-state index is -4.49. The molecule has 0 aromatic heterocycles. The molecule has 0 aromatic rings. The summed E-state index contributed by atoms with van der Waals surface area (Å²) in [5.41, 5.74) is 0.776. The largest absolute Gasteiger partial charge is 0.453 e. The maximum atomic E-state index is 11.3. The predicted octanol–water partition coefficient (Wildman–Crippen LogP) is 1.84. The summed E-state index contributed by atoms with van der Waals surface area (Å²) < 4.78 is 37.7. The zero-order valence-electron chi connectivity index (χ0n) is 5.19. The fourth-order valence-electron chi connectivity index (χ4n) is 0.253. The van der Waals surface area contributed by atoms with Gasteiger partial charge in [-0.1, -0.05) is 11.6 Å². The van der Waals surface area contributed by atoms with Crippen molar-refractivity contribution in [2.24, 2.45) is 0 Å². The van der Waals surface area contributed by atoms with E-state index in [4.69, 9.17) is 11.6 Å². The monoisotopic (exact) mass is 188 g/mol. The fourth-order valence-corrected chi connectivity index (χ4v) is 0.355. The summed E-state index contributed by atoms with van der Waals surface area (Å²) in [7, 11) is 0. The van der Waals surface area contributed by atoms with Crippen LogP contribution in [-0.4, -0.2) is 18.8 Å². The smallest absolute Gasteiger partial charge is 0.422 e. The van der Waals surface area contributed by atoms with Crippen molar-refractivity contribution in [3.8, 4) is 0 Å². The van der Waals surface area contributed by atoms with Gasteiger partial charge >= 0.3 is 12.1 Å². The maximum Gasteiger partial charge on any atom is 0.422 e. The molecule has 0 rings (SSSR count). The molecule has 0 bridgehead atoms. The second kappa shape index (κ2) is 4.23. The van der Waals surface area contributed by atoms with E-state index in [2.05, 4.69) is 4.74 Å². The lowest BCUT2D eigenvalue weighted by Gasteiger charge is -2.04. The third-order valence-electron chi connectivity index (χ3n) is 0.577. The van der Waals surface area contributed by atoms with Gasteiger partial charge in [0.2, 0.25) is 0 Å². The highest BCUT2D eigenvalue weighted by Gasteiger charge is 2.29. The van der Waals surface area contributed by atoms with Gasteiger partial charge in [0.25, 0.3) is 0 Å². The van der Waals surface area contributed by atoms with Crippen LogP contribution in [0.1, 0.15) is 0 Å². The molecule has 0 aliphatic rings. The van der Waals surface area contributed by atoms with Gasteiger partial charge in [-0.25, -0.2) is 4.79 Å². The minimum Gasteiger partial charge on any atom is -0.453 e. The second-order valence-electron chi connectivity index (χ2n) is 1.52. The van der Waals surface area contributed by atoms with Crippen molar-refractivity contribution in [2.45, 2.75) is 6.18 Å². The fraction of sp³-hybridized carbons (Fsp3) is 0.400. The van der Waals surface area contributed by atoms with Gasteiger partial charge in [0.15, 0.2) is 6.61 Å². The first kappa shape index (κ1) is 10.3. The van der Waals surface area contributed by atoms with Crippen LogP contribution in [0.25, 0.3) is 0 Å². The summed E-state index contributed by atoms with van der Waals surface area (Å²) in [6.45, 7) is -1.59. The van der Waals surface area contributed by atoms with Gasteiger partial charge in [0, 0.05) is 11.6 Å². The van der Waals surface area contributed by atoms with Gasteiger partial charge in [0.1, 0.15) is 0 Å². The number of carbonyl (C=O) groups excluding carboxylic acids is 1. The Morgan fingerprint density at radius 3 is 2.45 bits per heavy atom. The quantitative estimate of drug-likeness (QED) is 0.488. The van der Waals surface area contributed by atoms with Crippen molar-refractivity contribution < 1.29 is 22.7 Å². The summed E-state index contributed by atoms with van der Waals surface area (Å²) in [5, 5.41) is 0. The molecule has 0 heterocycles. The van der Waals surface area contributed by atoms with Gasteiger partial charge in [-0.3, -0.25) is 0 Å². The number of rotatable bonds is 2. The van der Waals surface area contributed by atoms with Gasteiger partial charge in [0.05, 0.1) is 0 Å². The lowest BCUT2D eigenvalue weighted by Crippen LogP contribution is -2.19. The van der Waals surface area contributed by atoms with Crippen LogP contribution >= 0.6 is 11.6 Å². The average molecular weight is 189 g/mol. The number of hydrogen-bond donors (Lipinski definition) is 0. The summed E-state index contributed by atoms with van der Waals surface area (Å²) in [5.74, 6) is -1.11. The van der Waals surface area contributed by atoms with E-state index in [1.807, 2.05) is 0 Å². The molecule has 0 fully saturated rings. The first-order valence-corrected chi connectivity index (χ1v) is 2.89. The van der Waals surface area contributed by atoms with E-state index in [0.29, 0.717) is 6.08 Å². The molecule has 11 heavy (non-hydrogen) atoms. The van der Waals surface area contributed by atoms with Crippen LogP contribution in [0.3, 0.4) is 0 Å². The summed E-state index contributed by atoms with van der Waals surface area (Å²) in [6, 6.07) is 0. The second-order valence-corrected chi connectivity index (χ2v) is 1.77. The van der Waals surface area contributed by atoms with Crippen molar-refractivity contribution in [2.75, 3.05) is 6.61 Å². The Labute approximate surface area is 65.6 Å². The molecule has 64 valence electrons. The maximum absolute atomic E-state index is 11.3. The summed E-state index contributed by atoms with van der Waals surface area (Å²) in [6.07, 6.45) is -3.80. The van der Waals surface area contributed by atoms with E-state index in [1.165, 1.54) is 0 Å². The van der Waals surface area contributed by atoms with Crippen molar-refractivity contribution >= 4 is 17.6 Å². The van der Waals surface area contributed by atoms with E-state index in [1.54, 1.807) is 0 Å². The number of carbonyl (C=O) groups is 1. The Balaban J connectivity index is 3.63. The highest BCUT2D eigenvalue weighted by atomic mass is 35.5. The Hall–Kier alpha value is -0.710. The van der Waals surface area contributed by atoms with E-state index >= 15 is 0 Å². The highest BCUT2D eigenvalue weighted by Crippen LogP contribution is 2.14. The van der Waals surface area contributed by atoms with Crippen LogP contribution in [0.4, 0.5) is 13.2 Å². The Morgan fingerprint density at radius 2 is 2.09 bits per heavy atom. The Morgan fingerprint density at radius 1 is 1.55 bits per heavy atom. The molecule has 0 aliphatic carbocycles. The summed E-state index contributed by atoms with van der Waals surface area (Å²) in [4.78, 5) is 10.2. The van der Waals surface area contributed by atoms with Crippen molar-refractivity contribution in [1.29, 1.82) is 0 Å². The predicted molar refractivity (Wildman–Crippen MR) is 32.0 cm³/mol. The van der Waals surface area contributed by atoms with Crippen LogP contribution in [0, 0.1) is 0 Å². The number of alkyl halides is 3. The molecule has 0 atom stereocenters. The molecule has 0 amide bonds. The van der Waals surface area contributed by atoms with Gasteiger partial charge < -0.3 is 4.74 Å². The van der Waals surface area contributed by atoms with Crippen LogP contribution in [0.5, 0.6) is 0 Å². The number of hydrogen-bond acceptors (Lipinski definition) is 2. The van der Waals surface area contributed by atoms with Crippen LogP contribution in [-0.2, 0) is 9.53 Å². The van der Waals surface area contributed by atoms with E-state index in [-0.39, 0.29) is 0 Å². The molecular weight excluding hydrogens is 184 g/mol. The van der Waals surface area contributed by atoms with Crippen LogP contribution in [0.15, 0.2) is 11.6 Å². The van der Waals surface area contributed by atoms with Crippen molar-refractivity contribution in [3.05, 3.63) is 11.6 Å². The Kier molecular flexibility index (Phi) is 3.95. The lowest BCUT2D eigenvalue weighted by atomic mass is 10.6. The molecule has 0 aliphatic heterocycles. The van der Waals surface area contributed by atoms with E-state index in [9.17, 15) is 18.0 Å². The molecule has 0 saturated carbocycles. The zero-order valence-corrected chi connectivity index (χ0v) is 5.95. The van der Waals surface area contributed by atoms with Gasteiger partial charge in [-0.05, 0) is 0 Å². The molecule has 0 radical (unpaired) electrons. The standard InChI is InChI=1S/C5H4ClF3O2/c6-2-1-4(10)11-3-5(7,8)9/h1-2H,3H2/b2-1+. The van der Waals surface area contributed by atoms with Crippen molar-refractivity contribution in [1.82, 2.24) is 0 Å². The Bertz CT molecular complexity index is 164. The molecule has 6 heteroatoms. The van der Waals surface area contributed by atoms with Gasteiger partial charge in [-0.2, -0.15) is 13.2 Å². The van der Waals surface area contributed by atoms with E-state index < -0.39 is 18.8 Å². The average Bonchev–Trinajstić information content (AvgIpc) is 1.83. The molecule has 2 nitrogen and oxygen atoms in total. The molecule has 0 spiro atoms. The zero-order chi connectivity index (χ0) is 8.91. The van der Waals surface area contributed by atoms with E-state index in [0.717, 1.165) is 5.54 Å². The lowest BCUT2D eigenvalue weighted by molar-refractivity contribution is -0.182. The molecular formula is C5H4ClF3O2. The number of esters is 1. The minimum absolute atomic E-state index is 0.688. The number of halogens is 4. The highest BCUT2D eigenvalue weighted by molar-refractivity contribution is 6.26. The molecule has 0 N–H and O–H groups in total. The molecule has 0 unspecified atom stereocenters. The van der Waals surface area contributed by atoms with Crippen LogP contribution in [0.2, 0.25) is 0 Å². The first-order chi connectivity index (χ1) is 4.95. The normalized spacial score (nSPS) is 12.0. The van der Waals surface area contributed by atoms with Gasteiger partial charge in [-0.15, -0.1) is 0 Å².